The first kappa shape index (κ1) is 22.6. The fourth-order valence-corrected chi connectivity index (χ4v) is 5.53. The lowest BCUT2D eigenvalue weighted by Crippen LogP contribution is -2.27. The van der Waals surface area contributed by atoms with E-state index in [4.69, 9.17) is 9.84 Å². The Morgan fingerprint density at radius 1 is 1.03 bits per heavy atom. The van der Waals surface area contributed by atoms with E-state index >= 15 is 0 Å². The molecule has 0 saturated carbocycles. The minimum atomic E-state index is -1.09. The van der Waals surface area contributed by atoms with Gasteiger partial charge < -0.3 is 9.84 Å². The molecule has 3 aromatic rings. The van der Waals surface area contributed by atoms with Crippen molar-refractivity contribution >= 4 is 77.6 Å². The minimum absolute atomic E-state index is 0.197. The van der Waals surface area contributed by atoms with Crippen LogP contribution in [0.2, 0.25) is 0 Å². The molecule has 1 N–H and O–H groups in total. The summed E-state index contributed by atoms with van der Waals surface area (Å²) >= 11 is 7.60. The van der Waals surface area contributed by atoms with E-state index in [1.807, 2.05) is 42.5 Å². The summed E-state index contributed by atoms with van der Waals surface area (Å²) < 4.78 is 6.30. The lowest BCUT2D eigenvalue weighted by Gasteiger charge is -2.13. The van der Waals surface area contributed by atoms with Crippen molar-refractivity contribution < 1.29 is 24.2 Å². The zero-order valence-electron chi connectivity index (χ0n) is 16.4. The molecule has 1 saturated heterocycles. The van der Waals surface area contributed by atoms with Crippen molar-refractivity contribution in [1.29, 1.82) is 0 Å². The van der Waals surface area contributed by atoms with E-state index in [9.17, 15) is 14.4 Å². The number of amides is 2. The molecule has 0 radical (unpaired) electrons. The zero-order chi connectivity index (χ0) is 22.8. The summed E-state index contributed by atoms with van der Waals surface area (Å²) in [6.45, 7) is -0.285. The molecule has 32 heavy (non-hydrogen) atoms. The number of hydrogen-bond acceptors (Lipinski definition) is 5. The van der Waals surface area contributed by atoms with Crippen LogP contribution in [0.5, 0.6) is 5.75 Å². The first-order valence-corrected chi connectivity index (χ1v) is 11.8. The van der Waals surface area contributed by atoms with Crippen molar-refractivity contribution in [3.63, 3.8) is 0 Å². The molecule has 6 nitrogen and oxygen atoms in total. The van der Waals surface area contributed by atoms with Gasteiger partial charge >= 0.3 is 5.97 Å². The van der Waals surface area contributed by atoms with Crippen LogP contribution in [0.25, 0.3) is 16.8 Å². The van der Waals surface area contributed by atoms with Gasteiger partial charge in [-0.1, -0.05) is 36.4 Å². The number of carbonyl (C=O) groups is 3. The summed E-state index contributed by atoms with van der Waals surface area (Å²) in [6.07, 6.45) is 1.63. The zero-order valence-corrected chi connectivity index (χ0v) is 20.4. The van der Waals surface area contributed by atoms with Gasteiger partial charge in [0, 0.05) is 0 Å². The van der Waals surface area contributed by atoms with Crippen molar-refractivity contribution in [3.05, 3.63) is 79.6 Å². The van der Waals surface area contributed by atoms with E-state index in [1.165, 1.54) is 4.90 Å². The largest absolute Gasteiger partial charge is 0.480 e. The summed E-state index contributed by atoms with van der Waals surface area (Å²) in [4.78, 5) is 37.7. The summed E-state index contributed by atoms with van der Waals surface area (Å²) in [7, 11) is 0. The topological polar surface area (TPSA) is 83.9 Å². The first-order valence-electron chi connectivity index (χ1n) is 9.38. The molecule has 1 aliphatic rings. The minimum Gasteiger partial charge on any atom is -0.480 e. The number of rotatable bonds is 6. The third kappa shape index (κ3) is 4.90. The number of hydrogen-bond donors (Lipinski definition) is 1. The number of ether oxygens (including phenoxy) is 1. The van der Waals surface area contributed by atoms with Gasteiger partial charge in [0.1, 0.15) is 5.75 Å². The number of fused-ring (bicyclic) bond motifs is 1. The third-order valence-corrected chi connectivity index (χ3v) is 6.77. The highest BCUT2D eigenvalue weighted by molar-refractivity contribution is 9.11. The third-order valence-electron chi connectivity index (χ3n) is 4.69. The van der Waals surface area contributed by atoms with Crippen LogP contribution in [0.1, 0.15) is 11.1 Å². The monoisotopic (exact) mass is 575 g/mol. The smallest absolute Gasteiger partial charge is 0.341 e. The summed E-state index contributed by atoms with van der Waals surface area (Å²) in [6, 6.07) is 17.2. The molecule has 1 aliphatic heterocycles. The molecular formula is C23H15Br2NO5S. The van der Waals surface area contributed by atoms with Gasteiger partial charge in [0.05, 0.1) is 20.4 Å². The molecule has 4 rings (SSSR count). The van der Waals surface area contributed by atoms with E-state index in [-0.39, 0.29) is 17.7 Å². The number of carboxylic acid groups (broad SMARTS) is 1. The Labute approximate surface area is 204 Å². The number of imide groups is 1. The SMILES string of the molecule is O=C(O)COc1c(Br)cc(/C=C2\SC(=O)N(Cc3ccc4ccccc4c3)C2=O)cc1Br. The number of halogens is 2. The van der Waals surface area contributed by atoms with E-state index in [2.05, 4.69) is 31.9 Å². The molecule has 0 unspecified atom stereocenters. The molecule has 2 amide bonds. The molecule has 1 heterocycles. The van der Waals surface area contributed by atoms with Crippen LogP contribution < -0.4 is 4.74 Å². The highest BCUT2D eigenvalue weighted by Gasteiger charge is 2.35. The number of carbonyl (C=O) groups excluding carboxylic acids is 2. The van der Waals surface area contributed by atoms with Crippen LogP contribution in [0, 0.1) is 0 Å². The quantitative estimate of drug-likeness (QED) is 0.359. The fraction of sp³-hybridized carbons (Fsp3) is 0.0870. The maximum absolute atomic E-state index is 12.9. The van der Waals surface area contributed by atoms with Gasteiger partial charge in [-0.25, -0.2) is 4.79 Å². The Balaban J connectivity index is 1.54. The number of thioether (sulfide) groups is 1. The lowest BCUT2D eigenvalue weighted by molar-refractivity contribution is -0.139. The van der Waals surface area contributed by atoms with Gasteiger partial charge in [-0.15, -0.1) is 0 Å². The van der Waals surface area contributed by atoms with Crippen LogP contribution in [0.4, 0.5) is 4.79 Å². The Morgan fingerprint density at radius 2 is 1.72 bits per heavy atom. The van der Waals surface area contributed by atoms with Crippen molar-refractivity contribution in [3.8, 4) is 5.75 Å². The first-order chi connectivity index (χ1) is 15.3. The second-order valence-corrected chi connectivity index (χ2v) is 9.65. The van der Waals surface area contributed by atoms with Crippen molar-refractivity contribution in [2.24, 2.45) is 0 Å². The van der Waals surface area contributed by atoms with Gasteiger partial charge in [-0.2, -0.15) is 0 Å². The summed E-state index contributed by atoms with van der Waals surface area (Å²) in [5.41, 5.74) is 1.53. The van der Waals surface area contributed by atoms with E-state index in [1.54, 1.807) is 18.2 Å². The molecule has 0 aliphatic carbocycles. The highest BCUT2D eigenvalue weighted by Crippen LogP contribution is 2.38. The number of nitrogens with zero attached hydrogens (tertiary/aromatic N) is 1. The van der Waals surface area contributed by atoms with Crippen molar-refractivity contribution in [2.75, 3.05) is 6.61 Å². The highest BCUT2D eigenvalue weighted by atomic mass is 79.9. The second-order valence-electron chi connectivity index (χ2n) is 6.95. The maximum Gasteiger partial charge on any atom is 0.341 e. The molecule has 0 spiro atoms. The van der Waals surface area contributed by atoms with Crippen molar-refractivity contribution in [2.45, 2.75) is 6.54 Å². The van der Waals surface area contributed by atoms with Crippen LogP contribution in [-0.4, -0.2) is 33.7 Å². The maximum atomic E-state index is 12.9. The normalized spacial score (nSPS) is 15.1. The molecule has 3 aromatic carbocycles. The molecule has 162 valence electrons. The second kappa shape index (κ2) is 9.48. The molecule has 0 aromatic heterocycles. The van der Waals surface area contributed by atoms with Gasteiger partial charge in [0.15, 0.2) is 6.61 Å². The molecule has 9 heteroatoms. The number of aliphatic carboxylic acids is 1. The Bertz CT molecular complexity index is 1270. The number of benzene rings is 3. The standard InChI is InChI=1S/C23H15Br2NO5S/c24-17-8-14(9-18(25)21(17)31-12-20(27)28)10-19-22(29)26(23(30)32-19)11-13-5-6-15-3-1-2-4-16(15)7-13/h1-10H,11-12H2,(H,27,28)/b19-10-. The average molecular weight is 577 g/mol. The molecular weight excluding hydrogens is 562 g/mol. The predicted octanol–water partition coefficient (Wildman–Crippen LogP) is 6.06. The van der Waals surface area contributed by atoms with Crippen LogP contribution in [0.15, 0.2) is 68.4 Å². The van der Waals surface area contributed by atoms with Gasteiger partial charge in [0.25, 0.3) is 11.1 Å². The van der Waals surface area contributed by atoms with Crippen LogP contribution in [0.3, 0.4) is 0 Å². The van der Waals surface area contributed by atoms with Crippen LogP contribution >= 0.6 is 43.6 Å². The number of carboxylic acids is 1. The van der Waals surface area contributed by atoms with Gasteiger partial charge in [-0.05, 0) is 89.8 Å². The Morgan fingerprint density at radius 3 is 2.41 bits per heavy atom. The van der Waals surface area contributed by atoms with Crippen molar-refractivity contribution in [1.82, 2.24) is 4.90 Å². The average Bonchev–Trinajstić information content (AvgIpc) is 3.00. The Hall–Kier alpha value is -2.62. The van der Waals surface area contributed by atoms with Gasteiger partial charge in [0.2, 0.25) is 0 Å². The van der Waals surface area contributed by atoms with Gasteiger partial charge in [-0.3, -0.25) is 14.5 Å². The van der Waals surface area contributed by atoms with E-state index < -0.39 is 12.6 Å². The Kier molecular flexibility index (Phi) is 6.68. The summed E-state index contributed by atoms with van der Waals surface area (Å²) in [5.74, 6) is -1.10. The lowest BCUT2D eigenvalue weighted by atomic mass is 10.1. The molecule has 0 bridgehead atoms. The van der Waals surface area contributed by atoms with E-state index in [0.29, 0.717) is 25.2 Å². The predicted molar refractivity (Wildman–Crippen MR) is 130 cm³/mol. The molecule has 0 atom stereocenters. The molecule has 1 fully saturated rings. The van der Waals surface area contributed by atoms with E-state index in [0.717, 1.165) is 28.1 Å². The summed E-state index contributed by atoms with van der Waals surface area (Å²) in [5, 5.41) is 10.6. The van der Waals surface area contributed by atoms with Crippen LogP contribution in [-0.2, 0) is 16.1 Å². The fourth-order valence-electron chi connectivity index (χ4n) is 3.24.